The number of carbonyl (C=O) groups is 2. The second-order valence-electron chi connectivity index (χ2n) is 9.58. The van der Waals surface area contributed by atoms with Crippen LogP contribution in [0.15, 0.2) is 57.7 Å². The Labute approximate surface area is 226 Å². The highest BCUT2D eigenvalue weighted by atomic mass is 79.9. The largest absolute Gasteiger partial charge is 0.361 e. The van der Waals surface area contributed by atoms with Crippen molar-refractivity contribution in [3.05, 3.63) is 68.9 Å². The first-order valence-electron chi connectivity index (χ1n) is 12.4. The maximum Gasteiger partial charge on any atom is 0.259 e. The highest BCUT2D eigenvalue weighted by molar-refractivity contribution is 9.10. The van der Waals surface area contributed by atoms with Crippen LogP contribution in [-0.4, -0.2) is 45.9 Å². The molecule has 4 heterocycles. The number of amides is 2. The minimum Gasteiger partial charge on any atom is -0.361 e. The van der Waals surface area contributed by atoms with Crippen molar-refractivity contribution in [2.45, 2.75) is 32.2 Å². The van der Waals surface area contributed by atoms with Crippen LogP contribution in [0.1, 0.15) is 36.8 Å². The standard InChI is InChI=1S/C28H26Br2N4O2/c29-17-5-7-23-19(13-17)21(15-31-23)25-26(28(36)32-27(25)35)22-16-34(24-8-6-18(30)14-20(22)24)12-4-11-33-9-2-1-3-10-33/h5-8,13-16,31H,1-4,9-12H2,(H,32,35,36). The molecule has 2 aliphatic heterocycles. The molecule has 1 fully saturated rings. The molecule has 2 amide bonds. The Kier molecular flexibility index (Phi) is 6.35. The molecule has 2 aromatic heterocycles. The Hall–Kier alpha value is -2.68. The molecular weight excluding hydrogens is 584 g/mol. The molecule has 0 spiro atoms. The molecule has 6 rings (SSSR count). The Bertz CT molecular complexity index is 1540. The van der Waals surface area contributed by atoms with E-state index >= 15 is 0 Å². The molecule has 2 aromatic carbocycles. The minimum absolute atomic E-state index is 0.355. The zero-order valence-electron chi connectivity index (χ0n) is 19.7. The summed E-state index contributed by atoms with van der Waals surface area (Å²) in [5.74, 6) is -0.719. The van der Waals surface area contributed by atoms with E-state index in [-0.39, 0.29) is 11.8 Å². The predicted molar refractivity (Wildman–Crippen MR) is 151 cm³/mol. The number of fused-ring (bicyclic) bond motifs is 2. The smallest absolute Gasteiger partial charge is 0.259 e. The number of aryl methyl sites for hydroxylation is 1. The van der Waals surface area contributed by atoms with Crippen LogP contribution in [0.2, 0.25) is 0 Å². The van der Waals surface area contributed by atoms with Crippen molar-refractivity contribution in [1.29, 1.82) is 0 Å². The number of aromatic amines is 1. The second-order valence-corrected chi connectivity index (χ2v) is 11.4. The molecule has 0 atom stereocenters. The van der Waals surface area contributed by atoms with E-state index in [9.17, 15) is 9.59 Å². The third kappa shape index (κ3) is 4.25. The zero-order valence-corrected chi connectivity index (χ0v) is 22.9. The normalized spacial score (nSPS) is 17.1. The fourth-order valence-corrected chi connectivity index (χ4v) is 6.29. The van der Waals surface area contributed by atoms with E-state index in [1.807, 2.05) is 42.7 Å². The van der Waals surface area contributed by atoms with E-state index in [0.717, 1.165) is 61.4 Å². The lowest BCUT2D eigenvalue weighted by atomic mass is 9.95. The number of likely N-dealkylation sites (tertiary alicyclic amines) is 1. The van der Waals surface area contributed by atoms with E-state index in [0.29, 0.717) is 11.1 Å². The number of nitrogens with one attached hydrogen (secondary N) is 2. The van der Waals surface area contributed by atoms with Gasteiger partial charge in [0.05, 0.1) is 11.1 Å². The SMILES string of the molecule is O=C1NC(=O)C(c2cn(CCCN3CCCCC3)c3ccc(Br)cc23)=C1c1c[nH]c2ccc(Br)cc12. The molecule has 36 heavy (non-hydrogen) atoms. The summed E-state index contributed by atoms with van der Waals surface area (Å²) in [5.41, 5.74) is 4.33. The Morgan fingerprint density at radius 2 is 1.50 bits per heavy atom. The quantitative estimate of drug-likeness (QED) is 0.260. The van der Waals surface area contributed by atoms with Crippen LogP contribution >= 0.6 is 31.9 Å². The lowest BCUT2D eigenvalue weighted by Gasteiger charge is -2.26. The molecule has 1 saturated heterocycles. The summed E-state index contributed by atoms with van der Waals surface area (Å²) in [5, 5.41) is 4.41. The van der Waals surface area contributed by atoms with Gasteiger partial charge in [0.2, 0.25) is 0 Å². The molecule has 0 radical (unpaired) electrons. The van der Waals surface area contributed by atoms with Gasteiger partial charge in [-0.25, -0.2) is 0 Å². The number of aromatic nitrogens is 2. The van der Waals surface area contributed by atoms with E-state index in [1.165, 1.54) is 32.4 Å². The number of benzene rings is 2. The van der Waals surface area contributed by atoms with Crippen LogP contribution in [0.4, 0.5) is 0 Å². The van der Waals surface area contributed by atoms with Gasteiger partial charge in [-0.3, -0.25) is 14.9 Å². The van der Waals surface area contributed by atoms with Gasteiger partial charge in [0.1, 0.15) is 0 Å². The maximum absolute atomic E-state index is 13.2. The van der Waals surface area contributed by atoms with E-state index < -0.39 is 0 Å². The topological polar surface area (TPSA) is 70.1 Å². The van der Waals surface area contributed by atoms with Crippen molar-refractivity contribution in [3.63, 3.8) is 0 Å². The average Bonchev–Trinajstić information content (AvgIpc) is 3.52. The van der Waals surface area contributed by atoms with Gasteiger partial charge in [0, 0.05) is 60.8 Å². The van der Waals surface area contributed by atoms with Crippen LogP contribution in [0.5, 0.6) is 0 Å². The number of rotatable bonds is 6. The molecule has 0 bridgehead atoms. The number of hydrogen-bond acceptors (Lipinski definition) is 3. The molecule has 2 aliphatic rings. The summed E-state index contributed by atoms with van der Waals surface area (Å²) in [7, 11) is 0. The van der Waals surface area contributed by atoms with Gasteiger partial charge < -0.3 is 14.5 Å². The fourth-order valence-electron chi connectivity index (χ4n) is 5.57. The van der Waals surface area contributed by atoms with Gasteiger partial charge in [-0.2, -0.15) is 0 Å². The highest BCUT2D eigenvalue weighted by Gasteiger charge is 2.35. The van der Waals surface area contributed by atoms with Gasteiger partial charge in [-0.05, 0) is 75.3 Å². The van der Waals surface area contributed by atoms with E-state index in [2.05, 4.69) is 57.7 Å². The predicted octanol–water partition coefficient (Wildman–Crippen LogP) is 6.09. The number of carbonyl (C=O) groups excluding carboxylic acids is 2. The van der Waals surface area contributed by atoms with Crippen LogP contribution in [0.3, 0.4) is 0 Å². The van der Waals surface area contributed by atoms with Gasteiger partial charge in [0.15, 0.2) is 0 Å². The first-order valence-corrected chi connectivity index (χ1v) is 14.0. The van der Waals surface area contributed by atoms with Gasteiger partial charge in [-0.15, -0.1) is 0 Å². The number of piperidine rings is 1. The molecule has 0 aliphatic carbocycles. The summed E-state index contributed by atoms with van der Waals surface area (Å²) in [6, 6.07) is 12.0. The molecule has 0 unspecified atom stereocenters. The second kappa shape index (κ2) is 9.65. The third-order valence-corrected chi connectivity index (χ3v) is 8.27. The lowest BCUT2D eigenvalue weighted by Crippen LogP contribution is -2.31. The molecule has 6 nitrogen and oxygen atoms in total. The first kappa shape index (κ1) is 23.7. The van der Waals surface area contributed by atoms with E-state index in [1.54, 1.807) is 0 Å². The number of imide groups is 1. The highest BCUT2D eigenvalue weighted by Crippen LogP contribution is 2.39. The van der Waals surface area contributed by atoms with Gasteiger partial charge in [0.25, 0.3) is 11.8 Å². The summed E-state index contributed by atoms with van der Waals surface area (Å²) in [6.07, 6.45) is 8.81. The Morgan fingerprint density at radius 1 is 0.806 bits per heavy atom. The summed E-state index contributed by atoms with van der Waals surface area (Å²) >= 11 is 7.13. The first-order chi connectivity index (χ1) is 17.5. The summed E-state index contributed by atoms with van der Waals surface area (Å²) < 4.78 is 4.08. The zero-order chi connectivity index (χ0) is 24.8. The Balaban J connectivity index is 1.45. The molecule has 4 aromatic rings. The molecule has 184 valence electrons. The minimum atomic E-state index is -0.364. The van der Waals surface area contributed by atoms with Crippen LogP contribution < -0.4 is 5.32 Å². The van der Waals surface area contributed by atoms with Crippen molar-refractivity contribution in [3.8, 4) is 0 Å². The van der Waals surface area contributed by atoms with Gasteiger partial charge >= 0.3 is 0 Å². The monoisotopic (exact) mass is 608 g/mol. The number of halogens is 2. The average molecular weight is 610 g/mol. The number of H-pyrrole nitrogens is 1. The third-order valence-electron chi connectivity index (χ3n) is 7.28. The van der Waals surface area contributed by atoms with Crippen molar-refractivity contribution in [2.24, 2.45) is 0 Å². The maximum atomic E-state index is 13.2. The van der Waals surface area contributed by atoms with Crippen LogP contribution in [-0.2, 0) is 16.1 Å². The van der Waals surface area contributed by atoms with Crippen molar-refractivity contribution in [1.82, 2.24) is 19.8 Å². The lowest BCUT2D eigenvalue weighted by molar-refractivity contribution is -0.122. The molecular formula is C28H26Br2N4O2. The van der Waals surface area contributed by atoms with Gasteiger partial charge in [-0.1, -0.05) is 38.3 Å². The van der Waals surface area contributed by atoms with Crippen LogP contribution in [0, 0.1) is 0 Å². The van der Waals surface area contributed by atoms with Crippen LogP contribution in [0.25, 0.3) is 33.0 Å². The molecule has 2 N–H and O–H groups in total. The summed E-state index contributed by atoms with van der Waals surface area (Å²) in [6.45, 7) is 4.29. The van der Waals surface area contributed by atoms with Crippen molar-refractivity contribution < 1.29 is 9.59 Å². The summed E-state index contributed by atoms with van der Waals surface area (Å²) in [4.78, 5) is 32.1. The fraction of sp³-hybridized carbons (Fsp3) is 0.286. The molecule has 8 heteroatoms. The molecule has 0 saturated carbocycles. The van der Waals surface area contributed by atoms with E-state index in [4.69, 9.17) is 0 Å². The number of hydrogen-bond donors (Lipinski definition) is 2. The number of nitrogens with zero attached hydrogens (tertiary/aromatic N) is 2. The van der Waals surface area contributed by atoms with Crippen molar-refractivity contribution >= 4 is 76.6 Å². The Morgan fingerprint density at radius 3 is 2.28 bits per heavy atom. The van der Waals surface area contributed by atoms with Crippen molar-refractivity contribution in [2.75, 3.05) is 19.6 Å².